The second-order valence-electron chi connectivity index (χ2n) is 14.6. The van der Waals surface area contributed by atoms with Gasteiger partial charge in [-0.1, -0.05) is 83.5 Å². The minimum absolute atomic E-state index is 0.0920. The van der Waals surface area contributed by atoms with Gasteiger partial charge in [0.15, 0.2) is 17.9 Å². The van der Waals surface area contributed by atoms with Crippen LogP contribution in [0.1, 0.15) is 95.0 Å². The molecule has 0 saturated heterocycles. The normalized spacial score (nSPS) is 20.7. The third-order valence-corrected chi connectivity index (χ3v) is 11.9. The Hall–Kier alpha value is -4.11. The Morgan fingerprint density at radius 2 is 1.62 bits per heavy atom. The average molecular weight is 625 g/mol. The number of hydrogen-bond donors (Lipinski definition) is 0. The summed E-state index contributed by atoms with van der Waals surface area (Å²) in [6.45, 7) is 13.8. The number of allylic oxidation sites excluding steroid dienone is 2. The smallest absolute Gasteiger partial charge is 0.207 e. The van der Waals surface area contributed by atoms with E-state index in [1.165, 1.54) is 50.0 Å². The second kappa shape index (κ2) is 11.5. The van der Waals surface area contributed by atoms with Crippen LogP contribution in [0.2, 0.25) is 0 Å². The summed E-state index contributed by atoms with van der Waals surface area (Å²) < 4.78 is 21.0. The van der Waals surface area contributed by atoms with Crippen LogP contribution in [0.15, 0.2) is 97.3 Å². The van der Waals surface area contributed by atoms with Gasteiger partial charge < -0.3 is 0 Å². The fraction of sp³-hybridized carbons (Fsp3) is 0.364. The Labute approximate surface area is 280 Å². The van der Waals surface area contributed by atoms with Crippen LogP contribution in [-0.2, 0) is 36.3 Å². The highest BCUT2D eigenvalue weighted by atomic mass is 19.1. The summed E-state index contributed by atoms with van der Waals surface area (Å²) in [5.41, 5.74) is 9.81. The molecule has 0 fully saturated rings. The van der Waals surface area contributed by atoms with Crippen LogP contribution >= 0.6 is 0 Å². The molecule has 0 bridgehead atoms. The molecule has 2 aromatic heterocycles. The first-order valence-electron chi connectivity index (χ1n) is 17.7. The maximum Gasteiger partial charge on any atom is 0.222 e. The van der Waals surface area contributed by atoms with Crippen LogP contribution in [0, 0.1) is 5.82 Å². The molecule has 7 rings (SSSR count). The molecular weight excluding hydrogens is 575 g/mol. The Morgan fingerprint density at radius 3 is 2.36 bits per heavy atom. The van der Waals surface area contributed by atoms with E-state index in [4.69, 9.17) is 0 Å². The highest BCUT2D eigenvalue weighted by Crippen LogP contribution is 2.58. The number of pyridine rings is 2. The number of unbranched alkanes of at least 4 members (excludes halogenated alkanes) is 1. The van der Waals surface area contributed by atoms with Gasteiger partial charge in [-0.15, -0.1) is 0 Å². The van der Waals surface area contributed by atoms with E-state index in [1.807, 2.05) is 0 Å². The van der Waals surface area contributed by atoms with Crippen molar-refractivity contribution in [3.63, 3.8) is 0 Å². The van der Waals surface area contributed by atoms with Gasteiger partial charge in [0.25, 0.3) is 0 Å². The van der Waals surface area contributed by atoms with Crippen molar-refractivity contribution in [1.29, 1.82) is 0 Å². The predicted molar refractivity (Wildman–Crippen MR) is 192 cm³/mol. The first-order chi connectivity index (χ1) is 22.6. The van der Waals surface area contributed by atoms with Crippen molar-refractivity contribution < 1.29 is 13.5 Å². The summed E-state index contributed by atoms with van der Waals surface area (Å²) in [7, 11) is 2.11. The zero-order valence-electron chi connectivity index (χ0n) is 29.3. The van der Waals surface area contributed by atoms with Crippen LogP contribution in [0.5, 0.6) is 0 Å². The number of benzene rings is 3. The zero-order valence-corrected chi connectivity index (χ0v) is 29.3. The molecule has 2 nitrogen and oxygen atoms in total. The zero-order chi connectivity index (χ0) is 33.1. The quantitative estimate of drug-likeness (QED) is 0.114. The second-order valence-corrected chi connectivity index (χ2v) is 14.6. The van der Waals surface area contributed by atoms with Crippen LogP contribution in [0.3, 0.4) is 0 Å². The molecule has 0 radical (unpaired) electrons. The van der Waals surface area contributed by atoms with Gasteiger partial charge in [0, 0.05) is 41.2 Å². The maximum absolute atomic E-state index is 16.3. The number of rotatable bonds is 9. The fourth-order valence-corrected chi connectivity index (χ4v) is 9.17. The summed E-state index contributed by atoms with van der Waals surface area (Å²) in [6, 6.07) is 26.1. The highest BCUT2D eigenvalue weighted by molar-refractivity contribution is 6.01. The van der Waals surface area contributed by atoms with E-state index in [-0.39, 0.29) is 16.8 Å². The van der Waals surface area contributed by atoms with Crippen LogP contribution in [-0.4, -0.2) is 0 Å². The van der Waals surface area contributed by atoms with Crippen molar-refractivity contribution >= 4 is 10.8 Å². The molecule has 3 aromatic carbocycles. The summed E-state index contributed by atoms with van der Waals surface area (Å²) >= 11 is 0. The van der Waals surface area contributed by atoms with Gasteiger partial charge in [0.2, 0.25) is 11.4 Å². The predicted octanol–water partition coefficient (Wildman–Crippen LogP) is 9.99. The largest absolute Gasteiger partial charge is 0.222 e. The molecule has 0 N–H and O–H groups in total. The lowest BCUT2D eigenvalue weighted by atomic mass is 9.56. The average Bonchev–Trinajstić information content (AvgIpc) is 3.07. The van der Waals surface area contributed by atoms with Gasteiger partial charge in [-0.05, 0) is 84.5 Å². The van der Waals surface area contributed by atoms with Crippen LogP contribution in [0.4, 0.5) is 4.39 Å². The molecule has 1 aliphatic carbocycles. The Kier molecular flexibility index (Phi) is 7.73. The minimum Gasteiger partial charge on any atom is -0.207 e. The molecule has 2 atom stereocenters. The van der Waals surface area contributed by atoms with Crippen LogP contribution < -0.4 is 9.13 Å². The van der Waals surface area contributed by atoms with Crippen molar-refractivity contribution in [3.8, 4) is 22.5 Å². The number of aryl methyl sites for hydroxylation is 2. The topological polar surface area (TPSA) is 7.76 Å². The first kappa shape index (κ1) is 31.5. The van der Waals surface area contributed by atoms with Crippen molar-refractivity contribution in [3.05, 3.63) is 131 Å². The minimum atomic E-state index is -0.448. The molecule has 3 heteroatoms. The molecule has 47 heavy (non-hydrogen) atoms. The van der Waals surface area contributed by atoms with Gasteiger partial charge in [0.1, 0.15) is 12.9 Å². The van der Waals surface area contributed by atoms with E-state index in [9.17, 15) is 0 Å². The van der Waals surface area contributed by atoms with Gasteiger partial charge in [0.05, 0.1) is 16.4 Å². The summed E-state index contributed by atoms with van der Waals surface area (Å²) in [5, 5.41) is 2.57. The Bertz CT molecular complexity index is 2050. The van der Waals surface area contributed by atoms with E-state index < -0.39 is 5.41 Å². The highest BCUT2D eigenvalue weighted by Gasteiger charge is 2.60. The van der Waals surface area contributed by atoms with E-state index >= 15 is 4.39 Å². The molecule has 3 heterocycles. The lowest BCUT2D eigenvalue weighted by molar-refractivity contribution is -0.755. The number of halogens is 1. The molecule has 2 unspecified atom stereocenters. The van der Waals surface area contributed by atoms with E-state index in [1.54, 1.807) is 6.07 Å². The molecule has 0 amide bonds. The molecule has 1 aliphatic heterocycles. The number of nitrogens with zero attached hydrogens (tertiary/aromatic N) is 2. The van der Waals surface area contributed by atoms with Gasteiger partial charge >= 0.3 is 0 Å². The standard InChI is InChI=1S/C44H49FN2/c1-8-11-17-30-28-32-24-27-47-41-38(32)35(29-30)42(4,5)40-36(45)23-22-34(39(40)41)43(6,9-2)44(47,10-3)25-16-19-31-18-12-13-20-33(31)37-21-14-15-26-46(37)7/h12-16,18,20-29H,8-11,17,19H2,1-7H3/q+2. The monoisotopic (exact) mass is 624 g/mol. The maximum atomic E-state index is 16.3. The molecular formula is C44H49FN2+2. The van der Waals surface area contributed by atoms with Crippen molar-refractivity contribution in [2.45, 2.75) is 96.4 Å². The van der Waals surface area contributed by atoms with Gasteiger partial charge in [-0.2, -0.15) is 4.57 Å². The van der Waals surface area contributed by atoms with Gasteiger partial charge in [-0.3, -0.25) is 0 Å². The third kappa shape index (κ3) is 4.49. The van der Waals surface area contributed by atoms with Gasteiger partial charge in [-0.25, -0.2) is 8.96 Å². The molecule has 0 spiro atoms. The van der Waals surface area contributed by atoms with Crippen molar-refractivity contribution in [2.75, 3.05) is 0 Å². The van der Waals surface area contributed by atoms with E-state index in [2.05, 4.69) is 149 Å². The van der Waals surface area contributed by atoms with Crippen molar-refractivity contribution in [1.82, 2.24) is 0 Å². The molecule has 240 valence electrons. The summed E-state index contributed by atoms with van der Waals surface area (Å²) in [4.78, 5) is 0. The lowest BCUT2D eigenvalue weighted by Crippen LogP contribution is -2.68. The Morgan fingerprint density at radius 1 is 0.830 bits per heavy atom. The van der Waals surface area contributed by atoms with Crippen LogP contribution in [0.25, 0.3) is 33.3 Å². The SMILES string of the molecule is CCCCc1cc2c3c4[n+](ccc3c1)C(C=CCc1ccccc1-c1cccc[n+]1C)(CC)C(C)(CC)c1ccc(F)c(c1-4)C2(C)C. The molecule has 2 aliphatic rings. The summed E-state index contributed by atoms with van der Waals surface area (Å²) in [6.07, 6.45) is 15.4. The fourth-order valence-electron chi connectivity index (χ4n) is 9.17. The van der Waals surface area contributed by atoms with E-state index in [0.29, 0.717) is 0 Å². The molecule has 5 aromatic rings. The first-order valence-corrected chi connectivity index (χ1v) is 17.7. The number of aromatic nitrogens is 2. The van der Waals surface area contributed by atoms with E-state index in [0.717, 1.165) is 49.7 Å². The number of hydrogen-bond acceptors (Lipinski definition) is 0. The lowest BCUT2D eigenvalue weighted by Gasteiger charge is -2.49. The summed E-state index contributed by atoms with van der Waals surface area (Å²) in [5.74, 6) is -0.0920. The molecule has 0 saturated carbocycles. The third-order valence-electron chi connectivity index (χ3n) is 11.9. The van der Waals surface area contributed by atoms with Crippen molar-refractivity contribution in [2.24, 2.45) is 7.05 Å². The Balaban J connectivity index is 1.47.